The number of carbonyl (C=O) groups is 1. The molecule has 1 saturated carbocycles. The van der Waals surface area contributed by atoms with Crippen LogP contribution >= 0.6 is 0 Å². The maximum atomic E-state index is 12.5. The SMILES string of the molecule is CC1CCN(C(=O)C2NCC3CCCC32)CC1. The van der Waals surface area contributed by atoms with Crippen LogP contribution in [0.3, 0.4) is 0 Å². The van der Waals surface area contributed by atoms with Crippen LogP contribution in [0.1, 0.15) is 39.0 Å². The van der Waals surface area contributed by atoms with Crippen LogP contribution in [0.15, 0.2) is 0 Å². The first-order chi connectivity index (χ1) is 8.25. The third-order valence-electron chi connectivity index (χ3n) is 5.11. The second-order valence-corrected chi connectivity index (χ2v) is 6.25. The summed E-state index contributed by atoms with van der Waals surface area (Å²) in [5.74, 6) is 2.62. The summed E-state index contributed by atoms with van der Waals surface area (Å²) in [4.78, 5) is 14.6. The molecular weight excluding hydrogens is 212 g/mol. The van der Waals surface area contributed by atoms with Crippen LogP contribution in [0.2, 0.25) is 0 Å². The molecule has 3 fully saturated rings. The van der Waals surface area contributed by atoms with Gasteiger partial charge in [-0.25, -0.2) is 0 Å². The third kappa shape index (κ3) is 2.10. The van der Waals surface area contributed by atoms with E-state index in [0.29, 0.717) is 11.8 Å². The van der Waals surface area contributed by atoms with Gasteiger partial charge in [-0.15, -0.1) is 0 Å². The lowest BCUT2D eigenvalue weighted by atomic mass is 9.92. The van der Waals surface area contributed by atoms with Crippen LogP contribution < -0.4 is 5.32 Å². The van der Waals surface area contributed by atoms with Crippen LogP contribution in [0.25, 0.3) is 0 Å². The molecule has 3 aliphatic rings. The lowest BCUT2D eigenvalue weighted by molar-refractivity contribution is -0.135. The zero-order chi connectivity index (χ0) is 11.8. The van der Waals surface area contributed by atoms with Gasteiger partial charge in [-0.1, -0.05) is 13.3 Å². The average Bonchev–Trinajstić information content (AvgIpc) is 2.90. The normalized spacial score (nSPS) is 38.4. The molecular formula is C14H24N2O. The molecule has 1 aliphatic carbocycles. The lowest BCUT2D eigenvalue weighted by Gasteiger charge is -2.33. The molecule has 3 rings (SSSR count). The van der Waals surface area contributed by atoms with E-state index in [2.05, 4.69) is 17.1 Å². The molecule has 2 heterocycles. The summed E-state index contributed by atoms with van der Waals surface area (Å²) in [5, 5.41) is 3.48. The summed E-state index contributed by atoms with van der Waals surface area (Å²) in [6, 6.07) is 0.149. The predicted octanol–water partition coefficient (Wildman–Crippen LogP) is 1.63. The highest BCUT2D eigenvalue weighted by molar-refractivity contribution is 5.82. The minimum atomic E-state index is 0.149. The van der Waals surface area contributed by atoms with Crippen LogP contribution in [0, 0.1) is 17.8 Å². The van der Waals surface area contributed by atoms with Gasteiger partial charge in [-0.3, -0.25) is 4.79 Å². The van der Waals surface area contributed by atoms with E-state index in [1.54, 1.807) is 0 Å². The van der Waals surface area contributed by atoms with Crippen molar-refractivity contribution in [2.75, 3.05) is 19.6 Å². The van der Waals surface area contributed by atoms with Gasteiger partial charge in [0, 0.05) is 13.1 Å². The van der Waals surface area contributed by atoms with Crippen molar-refractivity contribution in [3.8, 4) is 0 Å². The topological polar surface area (TPSA) is 32.3 Å². The van der Waals surface area contributed by atoms with Crippen molar-refractivity contribution in [1.29, 1.82) is 0 Å². The first-order valence-electron chi connectivity index (χ1n) is 7.28. The van der Waals surface area contributed by atoms with Gasteiger partial charge in [-0.2, -0.15) is 0 Å². The quantitative estimate of drug-likeness (QED) is 0.750. The number of nitrogens with zero attached hydrogens (tertiary/aromatic N) is 1. The maximum absolute atomic E-state index is 12.5. The fraction of sp³-hybridized carbons (Fsp3) is 0.929. The average molecular weight is 236 g/mol. The van der Waals surface area contributed by atoms with E-state index in [9.17, 15) is 4.79 Å². The molecule has 2 aliphatic heterocycles. The number of rotatable bonds is 1. The monoisotopic (exact) mass is 236 g/mol. The molecule has 1 N–H and O–H groups in total. The Hall–Kier alpha value is -0.570. The Balaban J connectivity index is 1.62. The van der Waals surface area contributed by atoms with Crippen LogP contribution in [-0.2, 0) is 4.79 Å². The summed E-state index contributed by atoms with van der Waals surface area (Å²) < 4.78 is 0. The van der Waals surface area contributed by atoms with Gasteiger partial charge in [0.25, 0.3) is 0 Å². The molecule has 2 saturated heterocycles. The van der Waals surface area contributed by atoms with Gasteiger partial charge in [0.15, 0.2) is 0 Å². The van der Waals surface area contributed by atoms with Crippen LogP contribution in [-0.4, -0.2) is 36.5 Å². The molecule has 1 amide bonds. The zero-order valence-electron chi connectivity index (χ0n) is 10.8. The summed E-state index contributed by atoms with van der Waals surface area (Å²) in [7, 11) is 0. The molecule has 3 heteroatoms. The first-order valence-corrected chi connectivity index (χ1v) is 7.28. The predicted molar refractivity (Wildman–Crippen MR) is 67.6 cm³/mol. The van der Waals surface area contributed by atoms with Crippen molar-refractivity contribution in [1.82, 2.24) is 10.2 Å². The smallest absolute Gasteiger partial charge is 0.240 e. The summed E-state index contributed by atoms with van der Waals surface area (Å²) in [5.41, 5.74) is 0. The van der Waals surface area contributed by atoms with E-state index in [0.717, 1.165) is 31.5 Å². The number of carbonyl (C=O) groups excluding carboxylic acids is 1. The Morgan fingerprint density at radius 3 is 2.71 bits per heavy atom. The molecule has 0 radical (unpaired) electrons. The van der Waals surface area contributed by atoms with Gasteiger partial charge in [0.1, 0.15) is 0 Å². The molecule has 17 heavy (non-hydrogen) atoms. The fourth-order valence-corrected chi connectivity index (χ4v) is 3.88. The number of piperidine rings is 1. The molecule has 3 atom stereocenters. The van der Waals surface area contributed by atoms with Gasteiger partial charge in [0.05, 0.1) is 6.04 Å². The van der Waals surface area contributed by atoms with E-state index < -0.39 is 0 Å². The minimum absolute atomic E-state index is 0.149. The number of hydrogen-bond acceptors (Lipinski definition) is 2. The Morgan fingerprint density at radius 1 is 1.18 bits per heavy atom. The highest BCUT2D eigenvalue weighted by Crippen LogP contribution is 2.38. The standard InChI is InChI=1S/C14H24N2O/c1-10-5-7-16(8-6-10)14(17)13-12-4-2-3-11(12)9-15-13/h10-13,15H,2-9H2,1H3. The molecule has 3 unspecified atom stereocenters. The molecule has 0 aromatic rings. The van der Waals surface area contributed by atoms with Crippen LogP contribution in [0.4, 0.5) is 0 Å². The van der Waals surface area contributed by atoms with E-state index in [1.807, 2.05) is 0 Å². The summed E-state index contributed by atoms with van der Waals surface area (Å²) >= 11 is 0. The molecule has 0 aromatic heterocycles. The molecule has 3 nitrogen and oxygen atoms in total. The molecule has 96 valence electrons. The first kappa shape index (κ1) is 11.5. The molecule has 0 spiro atoms. The van der Waals surface area contributed by atoms with Crippen molar-refractivity contribution >= 4 is 5.91 Å². The van der Waals surface area contributed by atoms with Crippen molar-refractivity contribution in [2.24, 2.45) is 17.8 Å². The van der Waals surface area contributed by atoms with Crippen molar-refractivity contribution in [3.63, 3.8) is 0 Å². The maximum Gasteiger partial charge on any atom is 0.240 e. The highest BCUT2D eigenvalue weighted by Gasteiger charge is 2.43. The van der Waals surface area contributed by atoms with Gasteiger partial charge < -0.3 is 10.2 Å². The fourth-order valence-electron chi connectivity index (χ4n) is 3.88. The number of likely N-dealkylation sites (tertiary alicyclic amines) is 1. The largest absolute Gasteiger partial charge is 0.341 e. The lowest BCUT2D eigenvalue weighted by Crippen LogP contribution is -2.48. The summed E-state index contributed by atoms with van der Waals surface area (Å²) in [6.45, 7) is 5.33. The minimum Gasteiger partial charge on any atom is -0.341 e. The highest BCUT2D eigenvalue weighted by atomic mass is 16.2. The Kier molecular flexibility index (Phi) is 3.12. The van der Waals surface area contributed by atoms with Crippen molar-refractivity contribution < 1.29 is 4.79 Å². The second-order valence-electron chi connectivity index (χ2n) is 6.25. The van der Waals surface area contributed by atoms with E-state index in [1.165, 1.54) is 32.1 Å². The van der Waals surface area contributed by atoms with Crippen LogP contribution in [0.5, 0.6) is 0 Å². The van der Waals surface area contributed by atoms with Crippen molar-refractivity contribution in [3.05, 3.63) is 0 Å². The number of fused-ring (bicyclic) bond motifs is 1. The molecule has 0 bridgehead atoms. The van der Waals surface area contributed by atoms with Crippen molar-refractivity contribution in [2.45, 2.75) is 45.1 Å². The van der Waals surface area contributed by atoms with Gasteiger partial charge in [0.2, 0.25) is 5.91 Å². The summed E-state index contributed by atoms with van der Waals surface area (Å²) in [6.07, 6.45) is 6.30. The third-order valence-corrected chi connectivity index (χ3v) is 5.11. The number of hydrogen-bond donors (Lipinski definition) is 1. The van der Waals surface area contributed by atoms with E-state index in [-0.39, 0.29) is 6.04 Å². The zero-order valence-corrected chi connectivity index (χ0v) is 10.8. The Morgan fingerprint density at radius 2 is 1.94 bits per heavy atom. The number of nitrogens with one attached hydrogen (secondary N) is 1. The molecule has 0 aromatic carbocycles. The van der Waals surface area contributed by atoms with E-state index in [4.69, 9.17) is 0 Å². The van der Waals surface area contributed by atoms with Gasteiger partial charge in [-0.05, 0) is 50.0 Å². The second kappa shape index (κ2) is 4.60. The van der Waals surface area contributed by atoms with Gasteiger partial charge >= 0.3 is 0 Å². The van der Waals surface area contributed by atoms with E-state index >= 15 is 0 Å². The Labute approximate surface area is 104 Å². The number of amides is 1. The Bertz CT molecular complexity index is 297.